The van der Waals surface area contributed by atoms with Gasteiger partial charge in [0.15, 0.2) is 14.9 Å². The van der Waals surface area contributed by atoms with Crippen LogP contribution in [0.1, 0.15) is 53.1 Å². The third-order valence-corrected chi connectivity index (χ3v) is 8.57. The van der Waals surface area contributed by atoms with Gasteiger partial charge in [0.25, 0.3) is 5.91 Å². The van der Waals surface area contributed by atoms with E-state index in [0.29, 0.717) is 25.3 Å². The Morgan fingerprint density at radius 2 is 1.89 bits per heavy atom. The summed E-state index contributed by atoms with van der Waals surface area (Å²) < 4.78 is 78.6. The predicted octanol–water partition coefficient (Wildman–Crippen LogP) is 3.30. The van der Waals surface area contributed by atoms with E-state index in [1.54, 1.807) is 0 Å². The fraction of sp³-hybridized carbons (Fsp3) is 0.458. The van der Waals surface area contributed by atoms with Gasteiger partial charge in [-0.1, -0.05) is 6.07 Å². The summed E-state index contributed by atoms with van der Waals surface area (Å²) in [5, 5.41) is -0.322. The van der Waals surface area contributed by atoms with Gasteiger partial charge in [-0.05, 0) is 67.3 Å². The molecule has 1 aliphatic heterocycles. The molecule has 192 valence electrons. The van der Waals surface area contributed by atoms with E-state index in [0.717, 1.165) is 24.5 Å². The summed E-state index contributed by atoms with van der Waals surface area (Å²) in [5.74, 6) is -3.32. The predicted molar refractivity (Wildman–Crippen MR) is 119 cm³/mol. The minimum absolute atomic E-state index is 0.0222. The van der Waals surface area contributed by atoms with Crippen LogP contribution in [-0.2, 0) is 20.8 Å². The van der Waals surface area contributed by atoms with Crippen molar-refractivity contribution in [2.45, 2.75) is 54.4 Å². The summed E-state index contributed by atoms with van der Waals surface area (Å²) in [4.78, 5) is 31.3. The maximum absolute atomic E-state index is 15.2. The third-order valence-electron chi connectivity index (χ3n) is 7.59. The lowest BCUT2D eigenvalue weighted by atomic mass is 9.82. The van der Waals surface area contributed by atoms with Crippen molar-refractivity contribution in [3.63, 3.8) is 0 Å². The molecular formula is C24H23F4N3O4S. The molecule has 1 aromatic heterocycles. The van der Waals surface area contributed by atoms with Gasteiger partial charge in [0.2, 0.25) is 5.91 Å². The summed E-state index contributed by atoms with van der Waals surface area (Å²) in [6.45, 7) is 0. The lowest BCUT2D eigenvalue weighted by Crippen LogP contribution is -2.53. The lowest BCUT2D eigenvalue weighted by molar-refractivity contribution is -0.137. The summed E-state index contributed by atoms with van der Waals surface area (Å²) in [6.07, 6.45) is -0.498. The van der Waals surface area contributed by atoms with E-state index in [1.807, 2.05) is 0 Å². The van der Waals surface area contributed by atoms with Crippen LogP contribution in [0.3, 0.4) is 0 Å². The van der Waals surface area contributed by atoms with Crippen LogP contribution >= 0.6 is 0 Å². The maximum Gasteiger partial charge on any atom is 0.416 e. The molecule has 36 heavy (non-hydrogen) atoms. The summed E-state index contributed by atoms with van der Waals surface area (Å²) >= 11 is 0. The number of halogens is 4. The van der Waals surface area contributed by atoms with Gasteiger partial charge in [-0.15, -0.1) is 0 Å². The van der Waals surface area contributed by atoms with E-state index in [9.17, 15) is 31.2 Å². The molecule has 5 rings (SSSR count). The van der Waals surface area contributed by atoms with Crippen LogP contribution in [0.5, 0.6) is 0 Å². The number of aromatic nitrogens is 1. The van der Waals surface area contributed by atoms with Gasteiger partial charge < -0.3 is 10.6 Å². The molecule has 7 nitrogen and oxygen atoms in total. The lowest BCUT2D eigenvalue weighted by Gasteiger charge is -2.39. The van der Waals surface area contributed by atoms with E-state index in [2.05, 4.69) is 4.98 Å². The monoisotopic (exact) mass is 525 g/mol. The third kappa shape index (κ3) is 3.95. The molecule has 2 amide bonds. The standard InChI is InChI=1S/C24H23F4N3O4S/c1-36(34,35)19-8-13(6-7-30-19)22(33)31-18(21(29)32)10-15-11-23(15,31)20(12-2-3-12)16-5-4-14(9-17(16)25)24(26,27)28/h4-9,12,15,18,20H,2-3,10-11H2,1H3,(H2,29,32)/t15?,18?,20-,23?/m1/s1. The van der Waals surface area contributed by atoms with E-state index < -0.39 is 56.7 Å². The molecule has 3 aliphatic rings. The highest BCUT2D eigenvalue weighted by molar-refractivity contribution is 7.90. The zero-order valence-corrected chi connectivity index (χ0v) is 19.9. The molecule has 2 heterocycles. The fourth-order valence-electron chi connectivity index (χ4n) is 5.89. The molecule has 0 radical (unpaired) electrons. The van der Waals surface area contributed by atoms with Crippen molar-refractivity contribution < 1.29 is 35.6 Å². The molecule has 3 unspecified atom stereocenters. The van der Waals surface area contributed by atoms with Crippen LogP contribution in [0.4, 0.5) is 17.6 Å². The Kier molecular flexibility index (Phi) is 5.47. The van der Waals surface area contributed by atoms with Crippen LogP contribution in [-0.4, -0.2) is 48.0 Å². The number of alkyl halides is 3. The van der Waals surface area contributed by atoms with Gasteiger partial charge in [0.1, 0.15) is 11.9 Å². The number of nitrogens with zero attached hydrogens (tertiary/aromatic N) is 2. The summed E-state index contributed by atoms with van der Waals surface area (Å²) in [6, 6.07) is 3.85. The van der Waals surface area contributed by atoms with Gasteiger partial charge >= 0.3 is 6.18 Å². The second-order valence-electron chi connectivity index (χ2n) is 9.93. The van der Waals surface area contributed by atoms with Crippen LogP contribution in [0.15, 0.2) is 41.6 Å². The average molecular weight is 526 g/mol. The highest BCUT2D eigenvalue weighted by atomic mass is 32.2. The number of carbonyl (C=O) groups is 2. The quantitative estimate of drug-likeness (QED) is 0.582. The molecular weight excluding hydrogens is 502 g/mol. The Balaban J connectivity index is 1.60. The number of nitrogens with two attached hydrogens (primary N) is 1. The number of hydrogen-bond donors (Lipinski definition) is 1. The highest BCUT2D eigenvalue weighted by Gasteiger charge is 2.73. The molecule has 2 aliphatic carbocycles. The first kappa shape index (κ1) is 24.7. The summed E-state index contributed by atoms with van der Waals surface area (Å²) in [7, 11) is -3.73. The Morgan fingerprint density at radius 1 is 1.19 bits per heavy atom. The molecule has 4 atom stereocenters. The number of pyridine rings is 1. The molecule has 0 bridgehead atoms. The minimum Gasteiger partial charge on any atom is -0.368 e. The van der Waals surface area contributed by atoms with Crippen molar-refractivity contribution in [1.29, 1.82) is 0 Å². The number of benzene rings is 1. The SMILES string of the molecule is CS(=O)(=O)c1cc(C(=O)N2C(C(N)=O)CC3CC32[C@@H](c2ccc(C(F)(F)F)cc2F)C2CC2)ccn1. The van der Waals surface area contributed by atoms with Gasteiger partial charge in [-0.25, -0.2) is 17.8 Å². The van der Waals surface area contributed by atoms with Crippen molar-refractivity contribution in [3.05, 3.63) is 59.0 Å². The molecule has 1 aromatic carbocycles. The van der Waals surface area contributed by atoms with Crippen molar-refractivity contribution in [2.75, 3.05) is 6.26 Å². The molecule has 12 heteroatoms. The normalized spacial score (nSPS) is 26.4. The number of amides is 2. The maximum atomic E-state index is 15.2. The Hall–Kier alpha value is -3.02. The molecule has 2 aromatic rings. The molecule has 1 saturated heterocycles. The number of sulfone groups is 1. The number of fused-ring (bicyclic) bond motifs is 1. The van der Waals surface area contributed by atoms with E-state index >= 15 is 4.39 Å². The van der Waals surface area contributed by atoms with Crippen molar-refractivity contribution >= 4 is 21.7 Å². The zero-order chi connectivity index (χ0) is 26.2. The number of hydrogen-bond acceptors (Lipinski definition) is 5. The minimum atomic E-state index is -4.71. The van der Waals surface area contributed by atoms with Gasteiger partial charge in [0, 0.05) is 23.9 Å². The smallest absolute Gasteiger partial charge is 0.368 e. The number of likely N-dealkylation sites (tertiary alicyclic amines) is 1. The Morgan fingerprint density at radius 3 is 2.44 bits per heavy atom. The van der Waals surface area contributed by atoms with E-state index in [1.165, 1.54) is 17.2 Å². The van der Waals surface area contributed by atoms with Gasteiger partial charge in [0.05, 0.1) is 11.1 Å². The van der Waals surface area contributed by atoms with E-state index in [-0.39, 0.29) is 34.4 Å². The molecule has 0 spiro atoms. The van der Waals surface area contributed by atoms with Gasteiger partial charge in [-0.2, -0.15) is 13.2 Å². The van der Waals surface area contributed by atoms with Crippen molar-refractivity contribution in [2.24, 2.45) is 17.6 Å². The topological polar surface area (TPSA) is 110 Å². The molecule has 3 fully saturated rings. The molecule has 2 N–H and O–H groups in total. The Labute approximate surface area is 204 Å². The second kappa shape index (κ2) is 7.99. The fourth-order valence-corrected chi connectivity index (χ4v) is 6.48. The van der Waals surface area contributed by atoms with Gasteiger partial charge in [-0.3, -0.25) is 9.59 Å². The first-order valence-corrected chi connectivity index (χ1v) is 13.3. The van der Waals surface area contributed by atoms with Crippen LogP contribution < -0.4 is 5.73 Å². The summed E-state index contributed by atoms with van der Waals surface area (Å²) in [5.41, 5.74) is 3.57. The largest absolute Gasteiger partial charge is 0.416 e. The first-order valence-electron chi connectivity index (χ1n) is 11.4. The van der Waals surface area contributed by atoms with Crippen LogP contribution in [0, 0.1) is 17.7 Å². The van der Waals surface area contributed by atoms with Crippen LogP contribution in [0.25, 0.3) is 0 Å². The number of rotatable bonds is 6. The number of carbonyl (C=O) groups excluding carboxylic acids is 2. The number of primary amides is 1. The Bertz CT molecular complexity index is 1380. The van der Waals surface area contributed by atoms with Crippen molar-refractivity contribution in [1.82, 2.24) is 9.88 Å². The average Bonchev–Trinajstić information content (AvgIpc) is 3.71. The second-order valence-corrected chi connectivity index (χ2v) is 11.9. The highest BCUT2D eigenvalue weighted by Crippen LogP contribution is 2.69. The zero-order valence-electron chi connectivity index (χ0n) is 19.1. The molecule has 2 saturated carbocycles. The van der Waals surface area contributed by atoms with E-state index in [4.69, 9.17) is 5.73 Å². The van der Waals surface area contributed by atoms with Crippen LogP contribution in [0.2, 0.25) is 0 Å². The van der Waals surface area contributed by atoms with Crippen molar-refractivity contribution in [3.8, 4) is 0 Å². The number of piperidine rings is 1. The first-order chi connectivity index (χ1) is 16.7.